The Kier molecular flexibility index (Phi) is 6.11. The van der Waals surface area contributed by atoms with Gasteiger partial charge in [-0.2, -0.15) is 0 Å². The third-order valence-electron chi connectivity index (χ3n) is 5.99. The molecule has 31 heavy (non-hydrogen) atoms. The molecule has 2 fully saturated rings. The second-order valence-corrected chi connectivity index (χ2v) is 8.13. The summed E-state index contributed by atoms with van der Waals surface area (Å²) in [6.07, 6.45) is 1.04. The van der Waals surface area contributed by atoms with Crippen LogP contribution in [-0.2, 0) is 16.0 Å². The van der Waals surface area contributed by atoms with Gasteiger partial charge in [-0.3, -0.25) is 4.90 Å². The van der Waals surface area contributed by atoms with Crippen molar-refractivity contribution < 1.29 is 9.47 Å². The van der Waals surface area contributed by atoms with E-state index in [-0.39, 0.29) is 0 Å². The highest BCUT2D eigenvalue weighted by atomic mass is 16.5. The number of rotatable bonds is 6. The van der Waals surface area contributed by atoms with E-state index in [9.17, 15) is 0 Å². The average molecular weight is 423 g/mol. The van der Waals surface area contributed by atoms with Gasteiger partial charge in [0.25, 0.3) is 0 Å². The van der Waals surface area contributed by atoms with Crippen molar-refractivity contribution >= 4 is 17.0 Å². The van der Waals surface area contributed by atoms with Crippen LogP contribution in [0.5, 0.6) is 0 Å². The molecule has 0 bridgehead atoms. The Hall–Kier alpha value is -2.55. The van der Waals surface area contributed by atoms with Crippen LogP contribution in [0.25, 0.3) is 22.6 Å². The van der Waals surface area contributed by atoms with Gasteiger partial charge in [0.15, 0.2) is 17.0 Å². The first kappa shape index (κ1) is 20.4. The third kappa shape index (κ3) is 4.42. The van der Waals surface area contributed by atoms with Crippen LogP contribution < -0.4 is 4.90 Å². The van der Waals surface area contributed by atoms with E-state index in [1.807, 2.05) is 13.0 Å². The molecule has 0 spiro atoms. The third-order valence-corrected chi connectivity index (χ3v) is 5.99. The zero-order valence-electron chi connectivity index (χ0n) is 18.2. The molecule has 8 heteroatoms. The number of nitrogens with zero attached hydrogens (tertiary/aromatic N) is 6. The molecule has 2 aliphatic heterocycles. The van der Waals surface area contributed by atoms with E-state index >= 15 is 0 Å². The monoisotopic (exact) mass is 422 g/mol. The number of anilines is 1. The summed E-state index contributed by atoms with van der Waals surface area (Å²) < 4.78 is 13.3. The number of hydrogen-bond acceptors (Lipinski definition) is 7. The van der Waals surface area contributed by atoms with Crippen LogP contribution in [0.4, 0.5) is 5.82 Å². The maximum Gasteiger partial charge on any atom is 0.166 e. The summed E-state index contributed by atoms with van der Waals surface area (Å²) in [5.74, 6) is 2.67. The summed E-state index contributed by atoms with van der Waals surface area (Å²) in [6.45, 7) is 10.7. The highest BCUT2D eigenvalue weighted by molar-refractivity contribution is 5.87. The summed E-state index contributed by atoms with van der Waals surface area (Å²) in [5, 5.41) is 0. The number of hydrogen-bond donors (Lipinski definition) is 0. The first-order valence-corrected chi connectivity index (χ1v) is 11.2. The van der Waals surface area contributed by atoms with Gasteiger partial charge in [0.05, 0.1) is 26.4 Å². The molecule has 3 aromatic rings. The molecule has 0 saturated carbocycles. The summed E-state index contributed by atoms with van der Waals surface area (Å²) in [5.41, 5.74) is 2.92. The fourth-order valence-electron chi connectivity index (χ4n) is 4.38. The SMILES string of the molecule is Cc1nc(N2CCOCC2)c2nc(-c3ccccc3)n(CCCN3CCOCC3)c2n1. The first-order valence-electron chi connectivity index (χ1n) is 11.2. The van der Waals surface area contributed by atoms with E-state index in [1.54, 1.807) is 0 Å². The standard InChI is InChI=1S/C23H30N6O2/c1-18-24-22(28-12-16-31-17-13-28)20-23(25-18)29(9-5-8-27-10-14-30-15-11-27)21(26-20)19-6-3-2-4-7-19/h2-4,6-7H,5,8-17H2,1H3. The Labute approximate surface area is 182 Å². The van der Waals surface area contributed by atoms with E-state index in [2.05, 4.69) is 38.6 Å². The molecule has 2 saturated heterocycles. The lowest BCUT2D eigenvalue weighted by atomic mass is 10.2. The first-order chi connectivity index (χ1) is 15.3. The second-order valence-electron chi connectivity index (χ2n) is 8.13. The van der Waals surface area contributed by atoms with Crippen LogP contribution in [0.2, 0.25) is 0 Å². The van der Waals surface area contributed by atoms with Gasteiger partial charge in [0.2, 0.25) is 0 Å². The molecule has 2 aliphatic rings. The van der Waals surface area contributed by atoms with Gasteiger partial charge >= 0.3 is 0 Å². The minimum atomic E-state index is 0.719. The fourth-order valence-corrected chi connectivity index (χ4v) is 4.38. The molecule has 5 rings (SSSR count). The van der Waals surface area contributed by atoms with Crippen LogP contribution in [0, 0.1) is 6.92 Å². The predicted molar refractivity (Wildman–Crippen MR) is 120 cm³/mol. The normalized spacial score (nSPS) is 18.0. The molecule has 1 aromatic carbocycles. The van der Waals surface area contributed by atoms with Crippen LogP contribution in [0.1, 0.15) is 12.2 Å². The van der Waals surface area contributed by atoms with Crippen molar-refractivity contribution in [3.8, 4) is 11.4 Å². The number of fused-ring (bicyclic) bond motifs is 1. The van der Waals surface area contributed by atoms with Gasteiger partial charge < -0.3 is 18.9 Å². The zero-order chi connectivity index (χ0) is 21.0. The Balaban J connectivity index is 1.51. The zero-order valence-corrected chi connectivity index (χ0v) is 18.2. The molecule has 8 nitrogen and oxygen atoms in total. The minimum Gasteiger partial charge on any atom is -0.379 e. The number of aryl methyl sites for hydroxylation is 2. The number of benzene rings is 1. The number of imidazole rings is 1. The fraction of sp³-hybridized carbons (Fsp3) is 0.522. The van der Waals surface area contributed by atoms with Crippen molar-refractivity contribution in [2.75, 3.05) is 64.1 Å². The molecular weight excluding hydrogens is 392 g/mol. The maximum absolute atomic E-state index is 5.55. The maximum atomic E-state index is 5.55. The molecule has 0 aliphatic carbocycles. The van der Waals surface area contributed by atoms with E-state index in [1.165, 1.54) is 0 Å². The Bertz CT molecular complexity index is 1010. The van der Waals surface area contributed by atoms with Gasteiger partial charge in [0.1, 0.15) is 11.6 Å². The van der Waals surface area contributed by atoms with Crippen LogP contribution in [-0.4, -0.2) is 83.6 Å². The molecule has 0 amide bonds. The Morgan fingerprint density at radius 2 is 1.55 bits per heavy atom. The van der Waals surface area contributed by atoms with Crippen molar-refractivity contribution in [1.82, 2.24) is 24.4 Å². The minimum absolute atomic E-state index is 0.719. The van der Waals surface area contributed by atoms with Crippen molar-refractivity contribution in [2.45, 2.75) is 19.9 Å². The second kappa shape index (κ2) is 9.30. The van der Waals surface area contributed by atoms with E-state index in [4.69, 9.17) is 24.4 Å². The Morgan fingerprint density at radius 1 is 0.839 bits per heavy atom. The lowest BCUT2D eigenvalue weighted by molar-refractivity contribution is 0.0370. The molecule has 2 aromatic heterocycles. The van der Waals surface area contributed by atoms with Crippen LogP contribution in [0.3, 0.4) is 0 Å². The van der Waals surface area contributed by atoms with E-state index in [0.29, 0.717) is 0 Å². The smallest absolute Gasteiger partial charge is 0.166 e. The molecule has 0 unspecified atom stereocenters. The summed E-state index contributed by atoms with van der Waals surface area (Å²) in [4.78, 5) is 19.5. The molecule has 0 radical (unpaired) electrons. The van der Waals surface area contributed by atoms with E-state index in [0.717, 1.165) is 106 Å². The van der Waals surface area contributed by atoms with Crippen LogP contribution in [0.15, 0.2) is 30.3 Å². The number of morpholine rings is 2. The topological polar surface area (TPSA) is 68.5 Å². The highest BCUT2D eigenvalue weighted by Gasteiger charge is 2.23. The quantitative estimate of drug-likeness (QED) is 0.604. The molecule has 164 valence electrons. The van der Waals surface area contributed by atoms with Crippen molar-refractivity contribution in [1.29, 1.82) is 0 Å². The van der Waals surface area contributed by atoms with Crippen molar-refractivity contribution in [3.63, 3.8) is 0 Å². The number of aromatic nitrogens is 4. The van der Waals surface area contributed by atoms with Crippen molar-refractivity contribution in [2.24, 2.45) is 0 Å². The molecular formula is C23H30N6O2. The molecule has 0 atom stereocenters. The predicted octanol–water partition coefficient (Wildman–Crippen LogP) is 2.36. The van der Waals surface area contributed by atoms with Crippen molar-refractivity contribution in [3.05, 3.63) is 36.2 Å². The van der Waals surface area contributed by atoms with Crippen LogP contribution >= 0.6 is 0 Å². The summed E-state index contributed by atoms with van der Waals surface area (Å²) in [6, 6.07) is 10.4. The highest BCUT2D eigenvalue weighted by Crippen LogP contribution is 2.30. The van der Waals surface area contributed by atoms with Gasteiger partial charge in [-0.25, -0.2) is 15.0 Å². The molecule has 4 heterocycles. The Morgan fingerprint density at radius 3 is 2.29 bits per heavy atom. The lowest BCUT2D eigenvalue weighted by Gasteiger charge is -2.28. The summed E-state index contributed by atoms with van der Waals surface area (Å²) in [7, 11) is 0. The van der Waals surface area contributed by atoms with Gasteiger partial charge in [-0.1, -0.05) is 30.3 Å². The lowest BCUT2D eigenvalue weighted by Crippen LogP contribution is -2.37. The van der Waals surface area contributed by atoms with Gasteiger partial charge in [0, 0.05) is 44.8 Å². The van der Waals surface area contributed by atoms with Gasteiger partial charge in [-0.15, -0.1) is 0 Å². The van der Waals surface area contributed by atoms with E-state index < -0.39 is 0 Å². The largest absolute Gasteiger partial charge is 0.379 e. The average Bonchev–Trinajstić information content (AvgIpc) is 3.19. The number of ether oxygens (including phenoxy) is 2. The summed E-state index contributed by atoms with van der Waals surface area (Å²) >= 11 is 0. The van der Waals surface area contributed by atoms with Gasteiger partial charge in [-0.05, 0) is 13.3 Å². The molecule has 0 N–H and O–H groups in total.